The maximum absolute atomic E-state index is 12.7. The maximum atomic E-state index is 12.7. The van der Waals surface area contributed by atoms with Crippen molar-refractivity contribution in [2.75, 3.05) is 35.2 Å². The topological polar surface area (TPSA) is 174 Å². The van der Waals surface area contributed by atoms with Crippen molar-refractivity contribution < 1.29 is 19.8 Å². The Morgan fingerprint density at radius 2 is 1.76 bits per heavy atom. The molecule has 3 aromatic heterocycles. The van der Waals surface area contributed by atoms with E-state index in [-0.39, 0.29) is 24.4 Å². The van der Waals surface area contributed by atoms with Gasteiger partial charge in [-0.15, -0.1) is 0 Å². The number of benzene rings is 2. The highest BCUT2D eigenvalue weighted by Crippen LogP contribution is 2.37. The zero-order valence-electron chi connectivity index (χ0n) is 27.0. The number of pyridine rings is 1. The number of nitrogens with one attached hydrogen (secondary N) is 3. The van der Waals surface area contributed by atoms with Crippen LogP contribution in [-0.4, -0.2) is 95.5 Å². The van der Waals surface area contributed by atoms with Crippen molar-refractivity contribution in [3.05, 3.63) is 103 Å². The van der Waals surface area contributed by atoms with Crippen molar-refractivity contribution in [2.24, 2.45) is 0 Å². The summed E-state index contributed by atoms with van der Waals surface area (Å²) in [6.45, 7) is 1.54. The Labute approximate surface area is 293 Å². The molecule has 1 saturated carbocycles. The molecule has 0 unspecified atom stereocenters. The third-order valence-electron chi connectivity index (χ3n) is 9.41. The van der Waals surface area contributed by atoms with E-state index in [2.05, 4.69) is 50.2 Å². The van der Waals surface area contributed by atoms with Crippen molar-refractivity contribution in [1.29, 1.82) is 0 Å². The molecule has 5 N–H and O–H groups in total. The number of aliphatic hydroxyl groups is 2. The summed E-state index contributed by atoms with van der Waals surface area (Å²) in [5.74, 6) is 0.922. The van der Waals surface area contributed by atoms with Gasteiger partial charge in [0.1, 0.15) is 12.2 Å². The van der Waals surface area contributed by atoms with Crippen LogP contribution in [0.4, 0.5) is 22.2 Å². The third-order valence-corrected chi connectivity index (χ3v) is 9.74. The van der Waals surface area contributed by atoms with Crippen molar-refractivity contribution in [3.63, 3.8) is 0 Å². The van der Waals surface area contributed by atoms with E-state index in [1.54, 1.807) is 35.4 Å². The highest BCUT2D eigenvalue weighted by molar-refractivity contribution is 6.18. The number of anilines is 3. The summed E-state index contributed by atoms with van der Waals surface area (Å²) in [5, 5.41) is 31.2. The normalized spacial score (nSPS) is 21.8. The van der Waals surface area contributed by atoms with E-state index in [1.165, 1.54) is 0 Å². The van der Waals surface area contributed by atoms with Crippen molar-refractivity contribution in [1.82, 2.24) is 34.2 Å². The molecule has 0 spiro atoms. The molecule has 2 fully saturated rings. The number of aliphatic hydroxyl groups excluding tert-OH is 2. The molecule has 7 rings (SSSR count). The summed E-state index contributed by atoms with van der Waals surface area (Å²) in [4.78, 5) is 44.7. The minimum Gasteiger partial charge on any atom is -0.388 e. The first-order valence-electron chi connectivity index (χ1n) is 16.5. The van der Waals surface area contributed by atoms with Crippen LogP contribution < -0.4 is 20.9 Å². The van der Waals surface area contributed by atoms with Gasteiger partial charge in [0, 0.05) is 49.6 Å². The van der Waals surface area contributed by atoms with Gasteiger partial charge in [-0.1, -0.05) is 60.7 Å². The van der Waals surface area contributed by atoms with Gasteiger partial charge in [-0.05, 0) is 36.1 Å². The van der Waals surface area contributed by atoms with Crippen LogP contribution in [0.25, 0.3) is 11.2 Å². The second-order valence-corrected chi connectivity index (χ2v) is 12.9. The van der Waals surface area contributed by atoms with E-state index < -0.39 is 24.3 Å². The summed E-state index contributed by atoms with van der Waals surface area (Å²) in [5.41, 5.74) is 3.80. The first-order chi connectivity index (χ1) is 24.4. The minimum absolute atomic E-state index is 0.00255. The number of nitrogens with zero attached hydrogens (tertiary/aromatic N) is 7. The Hall–Kier alpha value is -5.31. The SMILES string of the molecule is O=CN(Cl)[C@H]1C[C@@H](n2cnc3c(NCC(c4ccccc4)c4ccccc4)nc(N4CC[C@@H](NC(=O)Nc5cccnc5)C4)nc32)[C@H](O)[C@@H]1O. The quantitative estimate of drug-likeness (QED) is 0.102. The molecule has 4 heterocycles. The molecule has 1 aliphatic heterocycles. The van der Waals surface area contributed by atoms with Crippen LogP contribution in [-0.2, 0) is 4.79 Å². The number of urea groups is 1. The smallest absolute Gasteiger partial charge is 0.319 e. The van der Waals surface area contributed by atoms with E-state index in [0.717, 1.165) is 15.5 Å². The standard InChI is InChI=1S/C35H37ClN10O4/c36-46(21-47)28-16-27(30(48)31(28)49)45-20-39-29-32(38-18-26(22-8-3-1-4-9-22)23-10-5-2-6-11-23)42-34(43-33(29)45)44-15-13-25(19-44)41-35(50)40-24-12-7-14-37-17-24/h1-12,14,17,20-21,25-28,30-31,48-49H,13,15-16,18-19H2,(H,38,42,43)(H2,40,41,50)/t25-,27-,28+,30+,31-/m1/s1. The lowest BCUT2D eigenvalue weighted by molar-refractivity contribution is -0.117. The van der Waals surface area contributed by atoms with Gasteiger partial charge in [0.05, 0.1) is 30.3 Å². The van der Waals surface area contributed by atoms with Gasteiger partial charge in [-0.25, -0.2) is 9.78 Å². The second kappa shape index (κ2) is 14.7. The fourth-order valence-electron chi connectivity index (χ4n) is 6.84. The zero-order valence-corrected chi connectivity index (χ0v) is 27.7. The molecule has 2 aliphatic rings. The fourth-order valence-corrected chi connectivity index (χ4v) is 7.04. The summed E-state index contributed by atoms with van der Waals surface area (Å²) < 4.78 is 2.57. The maximum Gasteiger partial charge on any atom is 0.319 e. The molecule has 1 saturated heterocycles. The summed E-state index contributed by atoms with van der Waals surface area (Å²) >= 11 is 6.07. The van der Waals surface area contributed by atoms with Gasteiger partial charge in [0.15, 0.2) is 17.0 Å². The summed E-state index contributed by atoms with van der Waals surface area (Å²) in [6, 6.07) is 22.0. The van der Waals surface area contributed by atoms with E-state index >= 15 is 0 Å². The molecular formula is C35H37ClN10O4. The van der Waals surface area contributed by atoms with E-state index in [1.807, 2.05) is 41.3 Å². The second-order valence-electron chi connectivity index (χ2n) is 12.5. The Morgan fingerprint density at radius 3 is 2.44 bits per heavy atom. The predicted molar refractivity (Wildman–Crippen MR) is 189 cm³/mol. The number of hydrogen-bond acceptors (Lipinski definition) is 10. The number of fused-ring (bicyclic) bond motifs is 1. The van der Waals surface area contributed by atoms with Crippen LogP contribution in [0.2, 0.25) is 0 Å². The van der Waals surface area contributed by atoms with Gasteiger partial charge in [-0.2, -0.15) is 9.97 Å². The molecule has 15 heteroatoms. The molecule has 0 radical (unpaired) electrons. The fraction of sp³-hybridized carbons (Fsp3) is 0.314. The number of halogens is 1. The predicted octanol–water partition coefficient (Wildman–Crippen LogP) is 3.51. The van der Waals surface area contributed by atoms with E-state index in [0.29, 0.717) is 61.1 Å². The average Bonchev–Trinajstić information content (AvgIpc) is 3.87. The van der Waals surface area contributed by atoms with Gasteiger partial charge in [0.25, 0.3) is 0 Å². The Morgan fingerprint density at radius 1 is 1.02 bits per heavy atom. The largest absolute Gasteiger partial charge is 0.388 e. The van der Waals surface area contributed by atoms with Crippen LogP contribution >= 0.6 is 11.8 Å². The lowest BCUT2D eigenvalue weighted by atomic mass is 9.91. The van der Waals surface area contributed by atoms with Gasteiger partial charge in [0.2, 0.25) is 12.4 Å². The van der Waals surface area contributed by atoms with Gasteiger partial charge in [-0.3, -0.25) is 14.2 Å². The van der Waals surface area contributed by atoms with E-state index in [4.69, 9.17) is 21.7 Å². The third kappa shape index (κ3) is 6.90. The molecule has 14 nitrogen and oxygen atoms in total. The molecule has 3 amide bonds. The van der Waals surface area contributed by atoms with Gasteiger partial charge < -0.3 is 35.6 Å². The summed E-state index contributed by atoms with van der Waals surface area (Å²) in [7, 11) is 0. The van der Waals surface area contributed by atoms with Crippen LogP contribution in [0, 0.1) is 0 Å². The van der Waals surface area contributed by atoms with E-state index in [9.17, 15) is 19.8 Å². The monoisotopic (exact) mass is 696 g/mol. The number of imidazole rings is 1. The van der Waals surface area contributed by atoms with Crippen LogP contribution in [0.5, 0.6) is 0 Å². The number of rotatable bonds is 11. The molecule has 50 heavy (non-hydrogen) atoms. The molecule has 5 aromatic rings. The highest BCUT2D eigenvalue weighted by atomic mass is 35.5. The lowest BCUT2D eigenvalue weighted by Gasteiger charge is -2.22. The molecule has 0 bridgehead atoms. The van der Waals surface area contributed by atoms with Crippen LogP contribution in [0.3, 0.4) is 0 Å². The molecule has 5 atom stereocenters. The van der Waals surface area contributed by atoms with Crippen LogP contribution in [0.15, 0.2) is 91.5 Å². The number of hydrogen-bond donors (Lipinski definition) is 5. The number of carbonyl (C=O) groups excluding carboxylic acids is 2. The number of amides is 3. The Bertz CT molecular complexity index is 1880. The molecule has 2 aromatic carbocycles. The van der Waals surface area contributed by atoms with Crippen molar-refractivity contribution >= 4 is 52.8 Å². The highest BCUT2D eigenvalue weighted by Gasteiger charge is 2.45. The first kappa shape index (κ1) is 33.2. The Kier molecular flexibility index (Phi) is 9.74. The lowest BCUT2D eigenvalue weighted by Crippen LogP contribution is -2.40. The van der Waals surface area contributed by atoms with Crippen molar-refractivity contribution in [2.45, 2.75) is 49.1 Å². The molecular weight excluding hydrogens is 660 g/mol. The number of aromatic nitrogens is 5. The average molecular weight is 697 g/mol. The Balaban J connectivity index is 1.19. The van der Waals surface area contributed by atoms with Crippen LogP contribution in [0.1, 0.15) is 35.9 Å². The molecule has 258 valence electrons. The van der Waals surface area contributed by atoms with Gasteiger partial charge >= 0.3 is 6.03 Å². The first-order valence-corrected chi connectivity index (χ1v) is 16.8. The minimum atomic E-state index is -1.26. The molecule has 1 aliphatic carbocycles. The summed E-state index contributed by atoms with van der Waals surface area (Å²) in [6.07, 6.45) is 3.56. The van der Waals surface area contributed by atoms with Crippen molar-refractivity contribution in [3.8, 4) is 0 Å². The zero-order chi connectivity index (χ0) is 34.6. The number of carbonyl (C=O) groups is 2.